The minimum absolute atomic E-state index is 0.464. The van der Waals surface area contributed by atoms with Crippen molar-refractivity contribution >= 4 is 0 Å². The summed E-state index contributed by atoms with van der Waals surface area (Å²) in [6.45, 7) is 3.87. The normalized spacial score (nSPS) is 21.5. The molecule has 82 valence electrons. The topological polar surface area (TPSA) is 50.1 Å². The van der Waals surface area contributed by atoms with Gasteiger partial charge in [-0.3, -0.25) is 0 Å². The monoisotopic (exact) mass is 205 g/mol. The van der Waals surface area contributed by atoms with Crippen LogP contribution in [0.15, 0.2) is 24.3 Å². The second-order valence-electron chi connectivity index (χ2n) is 3.99. The highest BCUT2D eigenvalue weighted by Crippen LogP contribution is 2.14. The summed E-state index contributed by atoms with van der Waals surface area (Å²) in [5.41, 5.74) is 8.21. The van der Waals surface area contributed by atoms with Crippen LogP contribution in [-0.2, 0) is 6.42 Å². The van der Waals surface area contributed by atoms with Crippen LogP contribution in [0.3, 0.4) is 0 Å². The molecule has 1 aliphatic rings. The molecule has 15 heavy (non-hydrogen) atoms. The minimum Gasteiger partial charge on any atom is -0.330 e. The molecule has 3 heteroatoms. The van der Waals surface area contributed by atoms with Gasteiger partial charge in [0.2, 0.25) is 0 Å². The van der Waals surface area contributed by atoms with Gasteiger partial charge in [0.15, 0.2) is 0 Å². The van der Waals surface area contributed by atoms with Crippen LogP contribution in [0.4, 0.5) is 0 Å². The minimum atomic E-state index is 0.464. The third-order valence-corrected chi connectivity index (χ3v) is 2.86. The van der Waals surface area contributed by atoms with E-state index in [2.05, 4.69) is 34.9 Å². The third-order valence-electron chi connectivity index (χ3n) is 2.86. The van der Waals surface area contributed by atoms with Gasteiger partial charge in [-0.15, -0.1) is 0 Å². The molecule has 1 saturated heterocycles. The van der Waals surface area contributed by atoms with E-state index < -0.39 is 0 Å². The van der Waals surface area contributed by atoms with Gasteiger partial charge in [0.1, 0.15) is 0 Å². The van der Waals surface area contributed by atoms with E-state index in [9.17, 15) is 0 Å². The van der Waals surface area contributed by atoms with E-state index in [1.807, 2.05) is 0 Å². The fourth-order valence-corrected chi connectivity index (χ4v) is 1.97. The Labute approximate surface area is 91.1 Å². The van der Waals surface area contributed by atoms with Gasteiger partial charge in [-0.25, -0.2) is 0 Å². The lowest BCUT2D eigenvalue weighted by molar-refractivity contribution is 0.430. The zero-order valence-electron chi connectivity index (χ0n) is 9.00. The van der Waals surface area contributed by atoms with Crippen LogP contribution in [0, 0.1) is 0 Å². The molecule has 2 rings (SSSR count). The number of hydrogen-bond donors (Lipinski definition) is 3. The highest BCUT2D eigenvalue weighted by molar-refractivity contribution is 5.25. The fraction of sp³-hybridized carbons (Fsp3) is 0.500. The SMILES string of the molecule is NCCc1ccc(C2CNCCN2)cc1. The van der Waals surface area contributed by atoms with Crippen LogP contribution in [-0.4, -0.2) is 26.2 Å². The first-order valence-corrected chi connectivity index (χ1v) is 5.63. The summed E-state index contributed by atoms with van der Waals surface area (Å²) in [6.07, 6.45) is 0.969. The fourth-order valence-electron chi connectivity index (χ4n) is 1.97. The van der Waals surface area contributed by atoms with Gasteiger partial charge >= 0.3 is 0 Å². The number of hydrogen-bond acceptors (Lipinski definition) is 3. The largest absolute Gasteiger partial charge is 0.330 e. The molecule has 0 saturated carbocycles. The summed E-state index contributed by atoms with van der Waals surface area (Å²) in [6, 6.07) is 9.23. The summed E-state index contributed by atoms with van der Waals surface area (Å²) in [7, 11) is 0. The standard InChI is InChI=1S/C12H19N3/c13-6-5-10-1-3-11(4-2-10)12-9-14-7-8-15-12/h1-4,12,14-15H,5-9,13H2. The van der Waals surface area contributed by atoms with Crippen molar-refractivity contribution in [2.24, 2.45) is 5.73 Å². The molecule has 0 aromatic heterocycles. The summed E-state index contributed by atoms with van der Waals surface area (Å²) < 4.78 is 0. The zero-order valence-corrected chi connectivity index (χ0v) is 9.00. The van der Waals surface area contributed by atoms with Crippen molar-refractivity contribution in [3.8, 4) is 0 Å². The Hall–Kier alpha value is -0.900. The number of rotatable bonds is 3. The van der Waals surface area contributed by atoms with Crippen molar-refractivity contribution in [1.82, 2.24) is 10.6 Å². The van der Waals surface area contributed by atoms with Crippen LogP contribution in [0.1, 0.15) is 17.2 Å². The first-order chi connectivity index (χ1) is 7.40. The van der Waals surface area contributed by atoms with E-state index in [0.29, 0.717) is 6.04 Å². The maximum absolute atomic E-state index is 5.52. The van der Waals surface area contributed by atoms with Gasteiger partial charge < -0.3 is 16.4 Å². The predicted octanol–water partition coefficient (Wildman–Crippen LogP) is 0.422. The van der Waals surface area contributed by atoms with E-state index in [0.717, 1.165) is 32.6 Å². The van der Waals surface area contributed by atoms with Gasteiger partial charge in [-0.2, -0.15) is 0 Å². The summed E-state index contributed by atoms with van der Waals surface area (Å²) in [5, 5.41) is 6.89. The van der Waals surface area contributed by atoms with Crippen LogP contribution < -0.4 is 16.4 Å². The van der Waals surface area contributed by atoms with Crippen molar-refractivity contribution in [3.63, 3.8) is 0 Å². The Morgan fingerprint density at radius 1 is 1.20 bits per heavy atom. The molecule has 3 nitrogen and oxygen atoms in total. The highest BCUT2D eigenvalue weighted by atomic mass is 15.1. The molecule has 0 radical (unpaired) electrons. The number of nitrogens with one attached hydrogen (secondary N) is 2. The second kappa shape index (κ2) is 5.26. The average molecular weight is 205 g/mol. The van der Waals surface area contributed by atoms with Crippen molar-refractivity contribution in [2.45, 2.75) is 12.5 Å². The lowest BCUT2D eigenvalue weighted by atomic mass is 10.0. The molecule has 0 bridgehead atoms. The van der Waals surface area contributed by atoms with Gasteiger partial charge in [0.25, 0.3) is 0 Å². The summed E-state index contributed by atoms with van der Waals surface area (Å²) >= 11 is 0. The predicted molar refractivity (Wildman–Crippen MR) is 62.8 cm³/mol. The molecule has 1 aromatic carbocycles. The maximum Gasteiger partial charge on any atom is 0.0447 e. The van der Waals surface area contributed by atoms with Crippen molar-refractivity contribution in [2.75, 3.05) is 26.2 Å². The Morgan fingerprint density at radius 2 is 2.00 bits per heavy atom. The van der Waals surface area contributed by atoms with E-state index in [1.54, 1.807) is 0 Å². The average Bonchev–Trinajstić information content (AvgIpc) is 2.32. The smallest absolute Gasteiger partial charge is 0.0447 e. The lowest BCUT2D eigenvalue weighted by Crippen LogP contribution is -2.42. The third kappa shape index (κ3) is 2.78. The molecule has 1 atom stereocenters. The Kier molecular flexibility index (Phi) is 3.72. The Balaban J connectivity index is 2.02. The highest BCUT2D eigenvalue weighted by Gasteiger charge is 2.13. The van der Waals surface area contributed by atoms with Crippen LogP contribution in [0.25, 0.3) is 0 Å². The Bertz CT molecular complexity index is 288. The summed E-state index contributed by atoms with van der Waals surface area (Å²) in [4.78, 5) is 0. The zero-order chi connectivity index (χ0) is 10.5. The van der Waals surface area contributed by atoms with Gasteiger partial charge in [-0.1, -0.05) is 24.3 Å². The van der Waals surface area contributed by atoms with E-state index in [-0.39, 0.29) is 0 Å². The second-order valence-corrected chi connectivity index (χ2v) is 3.99. The van der Waals surface area contributed by atoms with Gasteiger partial charge in [0.05, 0.1) is 0 Å². The van der Waals surface area contributed by atoms with Crippen LogP contribution >= 0.6 is 0 Å². The molecule has 1 aromatic rings. The van der Waals surface area contributed by atoms with E-state index in [1.165, 1.54) is 11.1 Å². The molecule has 0 amide bonds. The van der Waals surface area contributed by atoms with Crippen LogP contribution in [0.5, 0.6) is 0 Å². The molecule has 1 aliphatic heterocycles. The van der Waals surface area contributed by atoms with Gasteiger partial charge in [-0.05, 0) is 24.1 Å². The molecule has 1 heterocycles. The lowest BCUT2D eigenvalue weighted by Gasteiger charge is -2.25. The molecule has 0 spiro atoms. The van der Waals surface area contributed by atoms with Crippen molar-refractivity contribution in [3.05, 3.63) is 35.4 Å². The quantitative estimate of drug-likeness (QED) is 0.670. The van der Waals surface area contributed by atoms with Gasteiger partial charge in [0, 0.05) is 25.7 Å². The Morgan fingerprint density at radius 3 is 2.60 bits per heavy atom. The molecule has 1 fully saturated rings. The number of piperazine rings is 1. The summed E-state index contributed by atoms with van der Waals surface area (Å²) in [5.74, 6) is 0. The van der Waals surface area contributed by atoms with E-state index in [4.69, 9.17) is 5.73 Å². The van der Waals surface area contributed by atoms with Crippen LogP contribution in [0.2, 0.25) is 0 Å². The molecule has 4 N–H and O–H groups in total. The molecule has 1 unspecified atom stereocenters. The first kappa shape index (κ1) is 10.6. The maximum atomic E-state index is 5.52. The number of benzene rings is 1. The van der Waals surface area contributed by atoms with Crippen molar-refractivity contribution in [1.29, 1.82) is 0 Å². The first-order valence-electron chi connectivity index (χ1n) is 5.63. The van der Waals surface area contributed by atoms with E-state index >= 15 is 0 Å². The van der Waals surface area contributed by atoms with Crippen molar-refractivity contribution < 1.29 is 0 Å². The number of nitrogens with two attached hydrogens (primary N) is 1. The molecule has 0 aliphatic carbocycles. The molecular formula is C12H19N3. The molecular weight excluding hydrogens is 186 g/mol.